The number of halogens is 2. The molecule has 0 spiro atoms. The highest BCUT2D eigenvalue weighted by Gasteiger charge is 2.13. The molecule has 0 saturated carbocycles. The van der Waals surface area contributed by atoms with Crippen molar-refractivity contribution in [1.82, 2.24) is 4.98 Å². The number of anilines is 1. The van der Waals surface area contributed by atoms with Gasteiger partial charge in [-0.25, -0.2) is 4.79 Å². The number of pyridine rings is 1. The zero-order chi connectivity index (χ0) is 20.8. The van der Waals surface area contributed by atoms with Crippen LogP contribution in [0.1, 0.15) is 21.5 Å². The Morgan fingerprint density at radius 1 is 1.24 bits per heavy atom. The second kappa shape index (κ2) is 9.62. The Morgan fingerprint density at radius 2 is 2.07 bits per heavy atom. The summed E-state index contributed by atoms with van der Waals surface area (Å²) in [5.74, 6) is 0.153. The SMILES string of the molecule is COc1cc(CNc2cc(C(=O)O)ccc2Cl)cc(Br)c1OCc1cccnc1. The van der Waals surface area contributed by atoms with E-state index in [0.717, 1.165) is 15.6 Å². The average molecular weight is 478 g/mol. The van der Waals surface area contributed by atoms with Crippen LogP contribution in [0.2, 0.25) is 5.02 Å². The Bertz CT molecular complexity index is 1020. The lowest BCUT2D eigenvalue weighted by atomic mass is 10.1. The number of carbonyl (C=O) groups is 1. The van der Waals surface area contributed by atoms with Crippen LogP contribution in [-0.2, 0) is 13.2 Å². The van der Waals surface area contributed by atoms with Gasteiger partial charge in [-0.1, -0.05) is 17.7 Å². The molecule has 0 bridgehead atoms. The van der Waals surface area contributed by atoms with Gasteiger partial charge < -0.3 is 19.9 Å². The fourth-order valence-electron chi connectivity index (χ4n) is 2.65. The van der Waals surface area contributed by atoms with Crippen LogP contribution in [0.25, 0.3) is 0 Å². The maximum Gasteiger partial charge on any atom is 0.335 e. The highest BCUT2D eigenvalue weighted by Crippen LogP contribution is 2.37. The Balaban J connectivity index is 1.75. The summed E-state index contributed by atoms with van der Waals surface area (Å²) in [5.41, 5.74) is 2.55. The standard InChI is InChI=1S/C21H18BrClN2O4/c1-28-19-8-14(11-25-18-9-15(21(26)27)4-5-17(18)23)7-16(22)20(19)29-12-13-3-2-6-24-10-13/h2-10,25H,11-12H2,1H3,(H,26,27). The van der Waals surface area contributed by atoms with Gasteiger partial charge >= 0.3 is 5.97 Å². The van der Waals surface area contributed by atoms with Gasteiger partial charge in [0, 0.05) is 24.5 Å². The van der Waals surface area contributed by atoms with Gasteiger partial charge in [-0.2, -0.15) is 0 Å². The predicted molar refractivity (Wildman–Crippen MR) is 115 cm³/mol. The summed E-state index contributed by atoms with van der Waals surface area (Å²) in [7, 11) is 1.57. The van der Waals surface area contributed by atoms with Gasteiger partial charge in [0.15, 0.2) is 11.5 Å². The van der Waals surface area contributed by atoms with E-state index < -0.39 is 5.97 Å². The monoisotopic (exact) mass is 476 g/mol. The van der Waals surface area contributed by atoms with Crippen molar-refractivity contribution in [2.75, 3.05) is 12.4 Å². The largest absolute Gasteiger partial charge is 0.493 e. The van der Waals surface area contributed by atoms with E-state index in [0.29, 0.717) is 35.4 Å². The normalized spacial score (nSPS) is 10.4. The predicted octanol–water partition coefficient (Wildman–Crippen LogP) is 5.40. The Labute approximate surface area is 181 Å². The van der Waals surface area contributed by atoms with Crippen LogP contribution in [0, 0.1) is 0 Å². The molecule has 1 heterocycles. The number of rotatable bonds is 8. The summed E-state index contributed by atoms with van der Waals surface area (Å²) >= 11 is 9.70. The van der Waals surface area contributed by atoms with E-state index in [1.807, 2.05) is 24.3 Å². The zero-order valence-corrected chi connectivity index (χ0v) is 17.8. The molecule has 0 saturated heterocycles. The van der Waals surface area contributed by atoms with Gasteiger partial charge in [0.1, 0.15) is 6.61 Å². The van der Waals surface area contributed by atoms with E-state index in [1.165, 1.54) is 12.1 Å². The number of methoxy groups -OCH3 is 1. The van der Waals surface area contributed by atoms with E-state index in [-0.39, 0.29) is 5.56 Å². The molecule has 29 heavy (non-hydrogen) atoms. The highest BCUT2D eigenvalue weighted by atomic mass is 79.9. The molecule has 0 amide bonds. The van der Waals surface area contributed by atoms with Crippen LogP contribution in [-0.4, -0.2) is 23.2 Å². The molecule has 2 N–H and O–H groups in total. The molecular weight excluding hydrogens is 460 g/mol. The molecule has 0 atom stereocenters. The van der Waals surface area contributed by atoms with Crippen molar-refractivity contribution >= 4 is 39.2 Å². The molecule has 0 radical (unpaired) electrons. The van der Waals surface area contributed by atoms with E-state index >= 15 is 0 Å². The highest BCUT2D eigenvalue weighted by molar-refractivity contribution is 9.10. The van der Waals surface area contributed by atoms with Crippen molar-refractivity contribution in [3.8, 4) is 11.5 Å². The van der Waals surface area contributed by atoms with Gasteiger partial charge in [0.05, 0.1) is 27.9 Å². The molecule has 2 aromatic carbocycles. The molecular formula is C21H18BrClN2O4. The lowest BCUT2D eigenvalue weighted by Crippen LogP contribution is -2.04. The van der Waals surface area contributed by atoms with E-state index in [4.69, 9.17) is 26.2 Å². The van der Waals surface area contributed by atoms with Gasteiger partial charge in [0.25, 0.3) is 0 Å². The minimum atomic E-state index is -1.01. The van der Waals surface area contributed by atoms with Crippen LogP contribution >= 0.6 is 27.5 Å². The zero-order valence-electron chi connectivity index (χ0n) is 15.5. The first kappa shape index (κ1) is 21.0. The maximum atomic E-state index is 11.2. The third-order valence-electron chi connectivity index (χ3n) is 4.09. The summed E-state index contributed by atoms with van der Waals surface area (Å²) in [6.45, 7) is 0.776. The molecule has 3 aromatic rings. The lowest BCUT2D eigenvalue weighted by Gasteiger charge is -2.15. The number of benzene rings is 2. The lowest BCUT2D eigenvalue weighted by molar-refractivity contribution is 0.0697. The number of hydrogen-bond donors (Lipinski definition) is 2. The molecule has 3 rings (SSSR count). The minimum Gasteiger partial charge on any atom is -0.493 e. The average Bonchev–Trinajstić information content (AvgIpc) is 2.72. The second-order valence-electron chi connectivity index (χ2n) is 6.11. The summed E-state index contributed by atoms with van der Waals surface area (Å²) < 4.78 is 12.1. The third kappa shape index (κ3) is 5.40. The van der Waals surface area contributed by atoms with Gasteiger partial charge in [-0.15, -0.1) is 0 Å². The second-order valence-corrected chi connectivity index (χ2v) is 7.37. The van der Waals surface area contributed by atoms with Crippen LogP contribution in [0.3, 0.4) is 0 Å². The molecule has 8 heteroatoms. The fraction of sp³-hybridized carbons (Fsp3) is 0.143. The van der Waals surface area contributed by atoms with Gasteiger partial charge in [-0.05, 0) is 57.9 Å². The van der Waals surface area contributed by atoms with Crippen molar-refractivity contribution < 1.29 is 19.4 Å². The number of nitrogens with one attached hydrogen (secondary N) is 1. The van der Waals surface area contributed by atoms with E-state index in [1.54, 1.807) is 25.6 Å². The molecule has 0 fully saturated rings. The first-order valence-electron chi connectivity index (χ1n) is 8.62. The van der Waals surface area contributed by atoms with Crippen molar-refractivity contribution in [3.63, 3.8) is 0 Å². The van der Waals surface area contributed by atoms with Crippen molar-refractivity contribution in [1.29, 1.82) is 0 Å². The number of carboxylic acid groups (broad SMARTS) is 1. The number of carboxylic acids is 1. The topological polar surface area (TPSA) is 80.7 Å². The molecule has 0 aliphatic carbocycles. The third-order valence-corrected chi connectivity index (χ3v) is 5.01. The van der Waals surface area contributed by atoms with Gasteiger partial charge in [0.2, 0.25) is 0 Å². The first-order chi connectivity index (χ1) is 14.0. The smallest absolute Gasteiger partial charge is 0.335 e. The Hall–Kier alpha value is -2.77. The van der Waals surface area contributed by atoms with E-state index in [9.17, 15) is 4.79 Å². The van der Waals surface area contributed by atoms with Crippen LogP contribution in [0.15, 0.2) is 59.3 Å². The summed E-state index contributed by atoms with van der Waals surface area (Å²) in [6, 6.07) is 12.1. The van der Waals surface area contributed by atoms with Crippen molar-refractivity contribution in [2.45, 2.75) is 13.2 Å². The number of aromatic carboxylic acids is 1. The van der Waals surface area contributed by atoms with Gasteiger partial charge in [-0.3, -0.25) is 4.98 Å². The Morgan fingerprint density at radius 3 is 2.76 bits per heavy atom. The quantitative estimate of drug-likeness (QED) is 0.452. The Kier molecular flexibility index (Phi) is 6.95. The van der Waals surface area contributed by atoms with E-state index in [2.05, 4.69) is 26.2 Å². The van der Waals surface area contributed by atoms with Crippen LogP contribution < -0.4 is 14.8 Å². The van der Waals surface area contributed by atoms with Crippen molar-refractivity contribution in [2.24, 2.45) is 0 Å². The molecule has 0 aliphatic rings. The number of aromatic nitrogens is 1. The summed E-state index contributed by atoms with van der Waals surface area (Å²) in [5, 5.41) is 12.7. The van der Waals surface area contributed by atoms with Crippen molar-refractivity contribution in [3.05, 3.63) is 81.0 Å². The summed E-state index contributed by atoms with van der Waals surface area (Å²) in [6.07, 6.45) is 3.45. The number of ether oxygens (including phenoxy) is 2. The molecule has 150 valence electrons. The maximum absolute atomic E-state index is 11.2. The molecule has 0 aliphatic heterocycles. The molecule has 1 aromatic heterocycles. The number of hydrogen-bond acceptors (Lipinski definition) is 5. The molecule has 6 nitrogen and oxygen atoms in total. The summed E-state index contributed by atoms with van der Waals surface area (Å²) in [4.78, 5) is 15.2. The first-order valence-corrected chi connectivity index (χ1v) is 9.80. The number of nitrogens with zero attached hydrogens (tertiary/aromatic N) is 1. The minimum absolute atomic E-state index is 0.162. The van der Waals surface area contributed by atoms with Crippen LogP contribution in [0.4, 0.5) is 5.69 Å². The fourth-order valence-corrected chi connectivity index (χ4v) is 3.43. The van der Waals surface area contributed by atoms with Crippen LogP contribution in [0.5, 0.6) is 11.5 Å². The molecule has 0 unspecified atom stereocenters.